The van der Waals surface area contributed by atoms with E-state index in [-0.39, 0.29) is 41.3 Å². The van der Waals surface area contributed by atoms with E-state index in [4.69, 9.17) is 4.74 Å². The van der Waals surface area contributed by atoms with E-state index >= 15 is 0 Å². The average molecular weight is 458 g/mol. The second-order valence-electron chi connectivity index (χ2n) is 7.89. The van der Waals surface area contributed by atoms with Crippen molar-refractivity contribution in [3.05, 3.63) is 59.7 Å². The molecule has 2 heterocycles. The molecule has 3 amide bonds. The van der Waals surface area contributed by atoms with E-state index in [0.29, 0.717) is 5.69 Å². The molecule has 32 heavy (non-hydrogen) atoms. The normalized spacial score (nSPS) is 21.5. The van der Waals surface area contributed by atoms with E-state index in [0.717, 1.165) is 4.90 Å². The van der Waals surface area contributed by atoms with Crippen molar-refractivity contribution < 1.29 is 27.5 Å². The second-order valence-corrected chi connectivity index (χ2v) is 9.83. The highest BCUT2D eigenvalue weighted by Crippen LogP contribution is 2.24. The maximum absolute atomic E-state index is 12.9. The molecular formula is C22H23N3O6S. The predicted molar refractivity (Wildman–Crippen MR) is 116 cm³/mol. The maximum atomic E-state index is 12.9. The van der Waals surface area contributed by atoms with Crippen LogP contribution in [0.2, 0.25) is 0 Å². The van der Waals surface area contributed by atoms with E-state index in [2.05, 4.69) is 5.32 Å². The van der Waals surface area contributed by atoms with Crippen LogP contribution in [0.5, 0.6) is 0 Å². The topological polar surface area (TPSA) is 113 Å². The Morgan fingerprint density at radius 3 is 2.03 bits per heavy atom. The highest BCUT2D eigenvalue weighted by molar-refractivity contribution is 7.89. The van der Waals surface area contributed by atoms with E-state index < -0.39 is 34.3 Å². The second kappa shape index (κ2) is 8.45. The number of ether oxygens (including phenoxy) is 1. The maximum Gasteiger partial charge on any atom is 0.262 e. The van der Waals surface area contributed by atoms with Crippen LogP contribution in [0.25, 0.3) is 0 Å². The number of carbonyl (C=O) groups is 3. The Morgan fingerprint density at radius 2 is 1.50 bits per heavy atom. The fourth-order valence-corrected chi connectivity index (χ4v) is 5.50. The zero-order valence-electron chi connectivity index (χ0n) is 17.6. The number of amides is 3. The molecule has 2 atom stereocenters. The number of hydrogen-bond acceptors (Lipinski definition) is 6. The number of anilines is 1. The number of rotatable bonds is 5. The lowest BCUT2D eigenvalue weighted by molar-refractivity contribution is -0.116. The summed E-state index contributed by atoms with van der Waals surface area (Å²) >= 11 is 0. The number of nitrogens with one attached hydrogen (secondary N) is 1. The van der Waals surface area contributed by atoms with E-state index in [1.165, 1.54) is 28.6 Å². The van der Waals surface area contributed by atoms with Crippen molar-refractivity contribution in [3.8, 4) is 0 Å². The summed E-state index contributed by atoms with van der Waals surface area (Å²) in [6.07, 6.45) is -0.400. The fraction of sp³-hybridized carbons (Fsp3) is 0.318. The first-order valence-electron chi connectivity index (χ1n) is 10.2. The van der Waals surface area contributed by atoms with Gasteiger partial charge < -0.3 is 10.1 Å². The van der Waals surface area contributed by atoms with Crippen molar-refractivity contribution in [2.75, 3.05) is 25.0 Å². The van der Waals surface area contributed by atoms with Gasteiger partial charge in [0.1, 0.15) is 6.54 Å². The molecule has 0 spiro atoms. The first-order chi connectivity index (χ1) is 15.2. The minimum Gasteiger partial charge on any atom is -0.373 e. The third-order valence-electron chi connectivity index (χ3n) is 5.34. The largest absolute Gasteiger partial charge is 0.373 e. The lowest BCUT2D eigenvalue weighted by Gasteiger charge is -2.34. The van der Waals surface area contributed by atoms with Gasteiger partial charge in [0, 0.05) is 18.8 Å². The van der Waals surface area contributed by atoms with Crippen LogP contribution in [0.1, 0.15) is 34.6 Å². The van der Waals surface area contributed by atoms with Crippen LogP contribution < -0.4 is 5.32 Å². The molecule has 1 fully saturated rings. The Balaban J connectivity index is 1.41. The minimum atomic E-state index is -3.69. The molecule has 1 saturated heterocycles. The molecule has 168 valence electrons. The average Bonchev–Trinajstić information content (AvgIpc) is 2.98. The number of imide groups is 1. The number of sulfonamides is 1. The van der Waals surface area contributed by atoms with Crippen molar-refractivity contribution in [1.82, 2.24) is 9.21 Å². The Bertz CT molecular complexity index is 1130. The van der Waals surface area contributed by atoms with Crippen LogP contribution >= 0.6 is 0 Å². The van der Waals surface area contributed by atoms with Crippen LogP contribution in [0, 0.1) is 0 Å². The molecule has 0 bridgehead atoms. The number of nitrogens with zero attached hydrogens (tertiary/aromatic N) is 2. The third kappa shape index (κ3) is 4.16. The van der Waals surface area contributed by atoms with Crippen molar-refractivity contribution in [2.45, 2.75) is 31.0 Å². The number of morpholine rings is 1. The van der Waals surface area contributed by atoms with Crippen molar-refractivity contribution >= 4 is 33.4 Å². The highest BCUT2D eigenvalue weighted by atomic mass is 32.2. The molecule has 2 aromatic rings. The van der Waals surface area contributed by atoms with Crippen LogP contribution in [0.4, 0.5) is 5.69 Å². The number of hydrogen-bond donors (Lipinski definition) is 1. The molecule has 2 aliphatic rings. The summed E-state index contributed by atoms with van der Waals surface area (Å²) in [5.74, 6) is -1.60. The van der Waals surface area contributed by atoms with Gasteiger partial charge in [-0.05, 0) is 50.2 Å². The van der Waals surface area contributed by atoms with E-state index in [1.807, 2.05) is 13.8 Å². The molecule has 2 aromatic carbocycles. The molecule has 0 radical (unpaired) electrons. The fourth-order valence-electron chi connectivity index (χ4n) is 3.91. The van der Waals surface area contributed by atoms with Crippen molar-refractivity contribution in [3.63, 3.8) is 0 Å². The van der Waals surface area contributed by atoms with Gasteiger partial charge in [-0.2, -0.15) is 4.31 Å². The van der Waals surface area contributed by atoms with Crippen molar-refractivity contribution in [1.29, 1.82) is 0 Å². The van der Waals surface area contributed by atoms with E-state index in [1.54, 1.807) is 24.3 Å². The lowest BCUT2D eigenvalue weighted by atomic mass is 10.1. The number of carbonyl (C=O) groups excluding carboxylic acids is 3. The zero-order valence-corrected chi connectivity index (χ0v) is 18.5. The van der Waals surface area contributed by atoms with Crippen LogP contribution in [-0.2, 0) is 19.6 Å². The Hall–Kier alpha value is -3.08. The molecule has 9 nitrogen and oxygen atoms in total. The van der Waals surface area contributed by atoms with Gasteiger partial charge >= 0.3 is 0 Å². The standard InChI is InChI=1S/C22H23N3O6S/c1-14-11-24(12-15(2)31-14)32(29,30)17-9-7-16(8-10-17)23-20(26)13-25-21(27)18-5-3-4-6-19(18)22(25)28/h3-10,14-15H,11-13H2,1-2H3,(H,23,26)/t14-,15-/m0/s1. The monoisotopic (exact) mass is 457 g/mol. The summed E-state index contributed by atoms with van der Waals surface area (Å²) in [4.78, 5) is 38.2. The molecule has 10 heteroatoms. The molecule has 0 aliphatic carbocycles. The Labute approximate surface area is 186 Å². The van der Waals surface area contributed by atoms with Gasteiger partial charge in [0.2, 0.25) is 15.9 Å². The summed E-state index contributed by atoms with van der Waals surface area (Å²) in [6.45, 7) is 3.75. The predicted octanol–water partition coefficient (Wildman–Crippen LogP) is 1.72. The SMILES string of the molecule is C[C@H]1CN(S(=O)(=O)c2ccc(NC(=O)CN3C(=O)c4ccccc4C3=O)cc2)C[C@H](C)O1. The summed E-state index contributed by atoms with van der Waals surface area (Å²) in [5.41, 5.74) is 0.896. The number of fused-ring (bicyclic) bond motifs is 1. The van der Waals surface area contributed by atoms with Gasteiger partial charge in [-0.3, -0.25) is 19.3 Å². The molecule has 2 aliphatic heterocycles. The van der Waals surface area contributed by atoms with E-state index in [9.17, 15) is 22.8 Å². The smallest absolute Gasteiger partial charge is 0.262 e. The molecule has 1 N–H and O–H groups in total. The van der Waals surface area contributed by atoms with Gasteiger partial charge in [0.25, 0.3) is 11.8 Å². The van der Waals surface area contributed by atoms with Gasteiger partial charge in [0.05, 0.1) is 28.2 Å². The lowest BCUT2D eigenvalue weighted by Crippen LogP contribution is -2.48. The van der Waals surface area contributed by atoms with Crippen LogP contribution in [0.3, 0.4) is 0 Å². The summed E-state index contributed by atoms with van der Waals surface area (Å²) in [7, 11) is -3.69. The summed E-state index contributed by atoms with van der Waals surface area (Å²) in [5, 5.41) is 2.60. The Kier molecular flexibility index (Phi) is 5.85. The zero-order chi connectivity index (χ0) is 23.0. The van der Waals surface area contributed by atoms with Gasteiger partial charge in [0.15, 0.2) is 0 Å². The first kappa shape index (κ1) is 22.1. The quantitative estimate of drug-likeness (QED) is 0.684. The van der Waals surface area contributed by atoms with Gasteiger partial charge in [-0.1, -0.05) is 12.1 Å². The summed E-state index contributed by atoms with van der Waals surface area (Å²) in [6, 6.07) is 12.2. The van der Waals surface area contributed by atoms with Gasteiger partial charge in [-0.15, -0.1) is 0 Å². The highest BCUT2D eigenvalue weighted by Gasteiger charge is 2.36. The van der Waals surface area contributed by atoms with Crippen LogP contribution in [0.15, 0.2) is 53.4 Å². The third-order valence-corrected chi connectivity index (χ3v) is 7.19. The first-order valence-corrected chi connectivity index (χ1v) is 11.6. The molecule has 0 aromatic heterocycles. The van der Waals surface area contributed by atoms with Crippen molar-refractivity contribution in [2.24, 2.45) is 0 Å². The number of benzene rings is 2. The molecular weight excluding hydrogens is 434 g/mol. The molecule has 0 unspecified atom stereocenters. The minimum absolute atomic E-state index is 0.108. The van der Waals surface area contributed by atoms with Crippen LogP contribution in [-0.4, -0.2) is 67.2 Å². The Morgan fingerprint density at radius 1 is 0.969 bits per heavy atom. The van der Waals surface area contributed by atoms with Gasteiger partial charge in [-0.25, -0.2) is 8.42 Å². The molecule has 4 rings (SSSR count). The molecule has 0 saturated carbocycles. The summed E-state index contributed by atoms with van der Waals surface area (Å²) < 4.78 is 32.8.